The number of piperazine rings is 1. The van der Waals surface area contributed by atoms with E-state index in [9.17, 15) is 19.2 Å². The Balaban J connectivity index is 3.00. The second kappa shape index (κ2) is 5.16. The molecule has 7 nitrogen and oxygen atoms in total. The molecule has 0 unspecified atom stereocenters. The Bertz CT molecular complexity index is 406. The van der Waals surface area contributed by atoms with E-state index < -0.39 is 35.8 Å². The largest absolute Gasteiger partial charge is 0.463 e. The minimum absolute atomic E-state index is 0.309. The Hall–Kier alpha value is -1.92. The van der Waals surface area contributed by atoms with Crippen LogP contribution in [0.4, 0.5) is 0 Å². The molecule has 18 heavy (non-hydrogen) atoms. The Morgan fingerprint density at radius 3 is 2.22 bits per heavy atom. The number of carbonyl (C=O) groups excluding carboxylic acids is 4. The molecule has 0 spiro atoms. The van der Waals surface area contributed by atoms with Crippen molar-refractivity contribution < 1.29 is 23.9 Å². The molecule has 2 atom stereocenters. The smallest absolute Gasteiger partial charge is 0.302 e. The molecule has 0 N–H and O–H groups in total. The first-order chi connectivity index (χ1) is 8.27. The van der Waals surface area contributed by atoms with Gasteiger partial charge in [-0.3, -0.25) is 24.1 Å². The second-order valence-electron chi connectivity index (χ2n) is 4.17. The third-order valence-corrected chi connectivity index (χ3v) is 2.90. The molecule has 0 aromatic heterocycles. The fourth-order valence-electron chi connectivity index (χ4n) is 1.77. The molecule has 100 valence electrons. The fourth-order valence-corrected chi connectivity index (χ4v) is 1.77. The number of imide groups is 1. The zero-order valence-corrected chi connectivity index (χ0v) is 10.8. The van der Waals surface area contributed by atoms with Crippen LogP contribution in [0.1, 0.15) is 20.8 Å². The molecule has 0 aromatic rings. The van der Waals surface area contributed by atoms with Gasteiger partial charge in [-0.2, -0.15) is 0 Å². The van der Waals surface area contributed by atoms with Crippen LogP contribution >= 0.6 is 0 Å². The van der Waals surface area contributed by atoms with Gasteiger partial charge in [0.25, 0.3) is 5.91 Å². The Morgan fingerprint density at radius 1 is 1.22 bits per heavy atom. The summed E-state index contributed by atoms with van der Waals surface area (Å²) < 4.78 is 4.73. The minimum Gasteiger partial charge on any atom is -0.463 e. The van der Waals surface area contributed by atoms with Gasteiger partial charge >= 0.3 is 5.97 Å². The Kier molecular flexibility index (Phi) is 4.05. The van der Waals surface area contributed by atoms with E-state index >= 15 is 0 Å². The molecule has 1 aliphatic heterocycles. The van der Waals surface area contributed by atoms with Crippen molar-refractivity contribution >= 4 is 23.7 Å². The summed E-state index contributed by atoms with van der Waals surface area (Å²) in [5.74, 6) is -1.99. The van der Waals surface area contributed by atoms with Crippen LogP contribution in [0.5, 0.6) is 0 Å². The highest BCUT2D eigenvalue weighted by Crippen LogP contribution is 2.17. The lowest BCUT2D eigenvalue weighted by Gasteiger charge is -2.40. The highest BCUT2D eigenvalue weighted by atomic mass is 16.5. The highest BCUT2D eigenvalue weighted by molar-refractivity contribution is 6.05. The number of esters is 1. The monoisotopic (exact) mass is 256 g/mol. The topological polar surface area (TPSA) is 84.0 Å². The van der Waals surface area contributed by atoms with Gasteiger partial charge in [-0.25, -0.2) is 0 Å². The van der Waals surface area contributed by atoms with Crippen LogP contribution in [0.2, 0.25) is 0 Å². The average Bonchev–Trinajstić information content (AvgIpc) is 2.28. The van der Waals surface area contributed by atoms with Crippen molar-refractivity contribution in [1.29, 1.82) is 0 Å². The van der Waals surface area contributed by atoms with Crippen molar-refractivity contribution in [3.05, 3.63) is 0 Å². The van der Waals surface area contributed by atoms with Crippen molar-refractivity contribution in [3.63, 3.8) is 0 Å². The number of carbonyl (C=O) groups is 4. The number of likely N-dealkylation sites (N-methyl/N-ethyl adjacent to an activating group) is 1. The van der Waals surface area contributed by atoms with E-state index in [4.69, 9.17) is 4.74 Å². The molecule has 0 aliphatic carbocycles. The van der Waals surface area contributed by atoms with Gasteiger partial charge in [-0.15, -0.1) is 0 Å². The zero-order chi connectivity index (χ0) is 14.0. The molecule has 1 rings (SSSR count). The van der Waals surface area contributed by atoms with Gasteiger partial charge in [0.15, 0.2) is 6.04 Å². The maximum atomic E-state index is 12.0. The van der Waals surface area contributed by atoms with Crippen LogP contribution in [0, 0.1) is 0 Å². The third-order valence-electron chi connectivity index (χ3n) is 2.90. The van der Waals surface area contributed by atoms with Gasteiger partial charge < -0.3 is 9.64 Å². The first-order valence-electron chi connectivity index (χ1n) is 5.51. The quantitative estimate of drug-likeness (QED) is 0.601. The summed E-state index contributed by atoms with van der Waals surface area (Å²) in [6, 6.07) is -1.77. The van der Waals surface area contributed by atoms with E-state index in [1.165, 1.54) is 32.7 Å². The van der Waals surface area contributed by atoms with Crippen LogP contribution in [0.25, 0.3) is 0 Å². The molecule has 0 bridgehead atoms. The summed E-state index contributed by atoms with van der Waals surface area (Å²) in [5, 5.41) is 0. The van der Waals surface area contributed by atoms with Crippen LogP contribution in [-0.2, 0) is 23.9 Å². The Labute approximate surface area is 105 Å². The first kappa shape index (κ1) is 14.1. The predicted molar refractivity (Wildman–Crippen MR) is 60.2 cm³/mol. The number of hydrogen-bond acceptors (Lipinski definition) is 5. The van der Waals surface area contributed by atoms with Gasteiger partial charge in [-0.1, -0.05) is 0 Å². The zero-order valence-electron chi connectivity index (χ0n) is 10.8. The molecule has 1 fully saturated rings. The van der Waals surface area contributed by atoms with Gasteiger partial charge in [0, 0.05) is 20.9 Å². The van der Waals surface area contributed by atoms with Crippen molar-refractivity contribution in [3.8, 4) is 0 Å². The maximum Gasteiger partial charge on any atom is 0.302 e. The van der Waals surface area contributed by atoms with E-state index in [-0.39, 0.29) is 6.61 Å². The van der Waals surface area contributed by atoms with Crippen molar-refractivity contribution in [2.45, 2.75) is 32.9 Å². The normalized spacial score (nSPS) is 24.2. The van der Waals surface area contributed by atoms with Gasteiger partial charge in [0.05, 0.1) is 0 Å². The fraction of sp³-hybridized carbons (Fsp3) is 0.636. The average molecular weight is 256 g/mol. The van der Waals surface area contributed by atoms with Crippen molar-refractivity contribution in [1.82, 2.24) is 9.80 Å². The molecule has 1 heterocycles. The maximum absolute atomic E-state index is 12.0. The lowest BCUT2D eigenvalue weighted by molar-refractivity contribution is -0.169. The number of hydrogen-bond donors (Lipinski definition) is 0. The van der Waals surface area contributed by atoms with Crippen LogP contribution in [-0.4, -0.2) is 59.2 Å². The number of ether oxygens (including phenoxy) is 1. The number of rotatable bonds is 2. The van der Waals surface area contributed by atoms with Crippen LogP contribution < -0.4 is 0 Å². The third kappa shape index (κ3) is 2.49. The molecule has 0 aromatic carbocycles. The van der Waals surface area contributed by atoms with Crippen LogP contribution in [0.15, 0.2) is 0 Å². The molecule has 7 heteroatoms. The number of amides is 3. The molecule has 3 amide bonds. The van der Waals surface area contributed by atoms with Crippen molar-refractivity contribution in [2.24, 2.45) is 0 Å². The van der Waals surface area contributed by atoms with E-state index in [1.807, 2.05) is 0 Å². The summed E-state index contributed by atoms with van der Waals surface area (Å²) in [4.78, 5) is 48.3. The highest BCUT2D eigenvalue weighted by Gasteiger charge is 2.44. The van der Waals surface area contributed by atoms with E-state index in [0.717, 1.165) is 4.90 Å². The molecular weight excluding hydrogens is 240 g/mol. The minimum atomic E-state index is -1.07. The summed E-state index contributed by atoms with van der Waals surface area (Å²) in [6.07, 6.45) is 0. The molecule has 1 saturated heterocycles. The van der Waals surface area contributed by atoms with E-state index in [0.29, 0.717) is 0 Å². The lowest BCUT2D eigenvalue weighted by Crippen LogP contribution is -2.65. The summed E-state index contributed by atoms with van der Waals surface area (Å²) >= 11 is 0. The molecule has 0 saturated carbocycles. The summed E-state index contributed by atoms with van der Waals surface area (Å²) in [5.41, 5.74) is 0. The van der Waals surface area contributed by atoms with E-state index in [2.05, 4.69) is 0 Å². The van der Waals surface area contributed by atoms with Crippen molar-refractivity contribution in [2.75, 3.05) is 13.7 Å². The van der Waals surface area contributed by atoms with Crippen LogP contribution in [0.3, 0.4) is 0 Å². The van der Waals surface area contributed by atoms with Gasteiger partial charge in [0.2, 0.25) is 11.8 Å². The van der Waals surface area contributed by atoms with E-state index in [1.54, 1.807) is 0 Å². The molecular formula is C11H16N2O5. The Morgan fingerprint density at radius 2 is 1.78 bits per heavy atom. The lowest BCUT2D eigenvalue weighted by atomic mass is 10.1. The van der Waals surface area contributed by atoms with Gasteiger partial charge in [0.1, 0.15) is 12.6 Å². The SMILES string of the molecule is CC(=O)OC[C@H]1C(=O)N(C)[C@@H](C)C(=O)N1C(C)=O. The first-order valence-corrected chi connectivity index (χ1v) is 5.51. The van der Waals surface area contributed by atoms with Gasteiger partial charge in [-0.05, 0) is 6.92 Å². The summed E-state index contributed by atoms with van der Waals surface area (Å²) in [6.45, 7) is 3.62. The molecule has 1 aliphatic rings. The number of nitrogens with zero attached hydrogens (tertiary/aromatic N) is 2. The summed E-state index contributed by atoms with van der Waals surface area (Å²) in [7, 11) is 1.48. The molecule has 0 radical (unpaired) electrons. The predicted octanol–water partition coefficient (Wildman–Crippen LogP) is -0.846. The second-order valence-corrected chi connectivity index (χ2v) is 4.17. The standard InChI is InChI=1S/C11H16N2O5/c1-6-10(16)13(7(2)14)9(5-18-8(3)15)11(17)12(6)4/h6,9H,5H2,1-4H3/t6-,9-/m0/s1.